The van der Waals surface area contributed by atoms with Gasteiger partial charge >= 0.3 is 0 Å². The van der Waals surface area contributed by atoms with E-state index in [0.717, 1.165) is 0 Å². The van der Waals surface area contributed by atoms with E-state index in [1.807, 2.05) is 0 Å². The van der Waals surface area contributed by atoms with Crippen LogP contribution in [0.5, 0.6) is 0 Å². The van der Waals surface area contributed by atoms with Crippen LogP contribution in [0, 0.1) is 10.1 Å². The normalized spacial score (nSPS) is 12.9. The second-order valence-corrected chi connectivity index (χ2v) is 6.73. The predicted molar refractivity (Wildman–Crippen MR) is 81.4 cm³/mol. The van der Waals surface area contributed by atoms with E-state index in [9.17, 15) is 14.9 Å². The Morgan fingerprint density at radius 3 is 2.41 bits per heavy atom. The van der Waals surface area contributed by atoms with Crippen molar-refractivity contribution in [3.63, 3.8) is 0 Å². The van der Waals surface area contributed by atoms with Gasteiger partial charge in [-0.3, -0.25) is 14.9 Å². The monoisotopic (exact) mass is 362 g/mol. The lowest BCUT2D eigenvalue weighted by atomic mass is 10.0. The Bertz CT molecular complexity index is 668. The first kappa shape index (κ1) is 16.7. The third-order valence-corrected chi connectivity index (χ3v) is 3.67. The van der Waals surface area contributed by atoms with Crippen LogP contribution in [-0.4, -0.2) is 29.3 Å². The van der Waals surface area contributed by atoms with Crippen molar-refractivity contribution in [2.24, 2.45) is 0 Å². The van der Waals surface area contributed by atoms with Gasteiger partial charge in [0.05, 0.1) is 4.92 Å². The second kappa shape index (κ2) is 6.60. The number of non-ortho nitro benzene ring substituents is 1. The van der Waals surface area contributed by atoms with Crippen LogP contribution < -0.4 is 0 Å². The Morgan fingerprint density at radius 2 is 1.95 bits per heavy atom. The lowest BCUT2D eigenvalue weighted by Gasteiger charge is -2.23. The van der Waals surface area contributed by atoms with E-state index in [4.69, 9.17) is 34.8 Å². The van der Waals surface area contributed by atoms with Crippen molar-refractivity contribution in [3.8, 4) is 0 Å². The SMILES string of the molecule is O=C(C[C@@H](n1cncn1)C(Cl)(Cl)Cl)c1ccc([N+](=O)[O-])cc1. The van der Waals surface area contributed by atoms with E-state index in [1.54, 1.807) is 0 Å². The molecule has 1 atom stereocenters. The number of alkyl halides is 3. The molecule has 0 bridgehead atoms. The standard InChI is InChI=1S/C12H9Cl3N4O3/c13-12(14,15)11(18-7-16-6-17-18)5-10(20)8-1-3-9(4-2-8)19(21)22/h1-4,6-7,11H,5H2/t11-/m1/s1. The molecule has 0 fully saturated rings. The summed E-state index contributed by atoms with van der Waals surface area (Å²) >= 11 is 17.7. The van der Waals surface area contributed by atoms with Crippen LogP contribution in [0.25, 0.3) is 0 Å². The topological polar surface area (TPSA) is 90.9 Å². The molecular formula is C12H9Cl3N4O3. The van der Waals surface area contributed by atoms with Gasteiger partial charge in [0, 0.05) is 24.1 Å². The molecule has 0 aliphatic carbocycles. The average Bonchev–Trinajstić information content (AvgIpc) is 2.97. The number of aromatic nitrogens is 3. The van der Waals surface area contributed by atoms with Crippen molar-refractivity contribution in [2.45, 2.75) is 16.3 Å². The van der Waals surface area contributed by atoms with Crippen LogP contribution in [-0.2, 0) is 0 Å². The van der Waals surface area contributed by atoms with E-state index < -0.39 is 14.8 Å². The van der Waals surface area contributed by atoms with Crippen molar-refractivity contribution in [1.29, 1.82) is 0 Å². The highest BCUT2D eigenvalue weighted by molar-refractivity contribution is 6.68. The fourth-order valence-electron chi connectivity index (χ4n) is 1.80. The molecule has 1 heterocycles. The molecule has 0 aliphatic heterocycles. The lowest BCUT2D eigenvalue weighted by Crippen LogP contribution is -2.27. The van der Waals surface area contributed by atoms with E-state index in [1.165, 1.54) is 41.6 Å². The number of carbonyl (C=O) groups excluding carboxylic acids is 1. The van der Waals surface area contributed by atoms with Crippen LogP contribution in [0.15, 0.2) is 36.9 Å². The molecule has 0 N–H and O–H groups in total. The number of nitrogens with zero attached hydrogens (tertiary/aromatic N) is 4. The van der Waals surface area contributed by atoms with Gasteiger partial charge in [0.25, 0.3) is 5.69 Å². The number of nitro groups is 1. The van der Waals surface area contributed by atoms with Gasteiger partial charge in [0.1, 0.15) is 18.7 Å². The summed E-state index contributed by atoms with van der Waals surface area (Å²) < 4.78 is -0.472. The molecule has 0 saturated heterocycles. The molecule has 0 aliphatic rings. The number of carbonyl (C=O) groups is 1. The third kappa shape index (κ3) is 3.94. The summed E-state index contributed by atoms with van der Waals surface area (Å²) in [5.41, 5.74) is 0.177. The minimum Gasteiger partial charge on any atom is -0.294 e. The Morgan fingerprint density at radius 1 is 1.32 bits per heavy atom. The summed E-state index contributed by atoms with van der Waals surface area (Å²) in [5.74, 6) is -0.332. The molecule has 0 saturated carbocycles. The van der Waals surface area contributed by atoms with Gasteiger partial charge in [-0.2, -0.15) is 5.10 Å². The first-order valence-corrected chi connectivity index (χ1v) is 7.11. The highest BCUT2D eigenvalue weighted by Gasteiger charge is 2.36. The highest BCUT2D eigenvalue weighted by atomic mass is 35.6. The van der Waals surface area contributed by atoms with Gasteiger partial charge in [0.2, 0.25) is 3.79 Å². The number of benzene rings is 1. The summed E-state index contributed by atoms with van der Waals surface area (Å²) in [7, 11) is 0. The number of ketones is 1. The fourth-order valence-corrected chi connectivity index (χ4v) is 2.33. The molecule has 10 heteroatoms. The molecule has 22 heavy (non-hydrogen) atoms. The number of hydrogen-bond acceptors (Lipinski definition) is 5. The molecular weight excluding hydrogens is 355 g/mol. The lowest BCUT2D eigenvalue weighted by molar-refractivity contribution is -0.384. The quantitative estimate of drug-likeness (QED) is 0.351. The van der Waals surface area contributed by atoms with Gasteiger partial charge in [-0.15, -0.1) is 0 Å². The molecule has 7 nitrogen and oxygen atoms in total. The number of nitro benzene ring substituents is 1. The van der Waals surface area contributed by atoms with E-state index in [0.29, 0.717) is 0 Å². The van der Waals surface area contributed by atoms with Crippen LogP contribution in [0.3, 0.4) is 0 Å². The first-order chi connectivity index (χ1) is 10.3. The van der Waals surface area contributed by atoms with Gasteiger partial charge in [0.15, 0.2) is 5.78 Å². The zero-order valence-electron chi connectivity index (χ0n) is 10.9. The highest BCUT2D eigenvalue weighted by Crippen LogP contribution is 2.40. The van der Waals surface area contributed by atoms with Crippen LogP contribution in [0.1, 0.15) is 22.8 Å². The molecule has 1 aromatic carbocycles. The maximum atomic E-state index is 12.3. The largest absolute Gasteiger partial charge is 0.294 e. The molecule has 0 radical (unpaired) electrons. The van der Waals surface area contributed by atoms with Gasteiger partial charge in [-0.05, 0) is 12.1 Å². The van der Waals surface area contributed by atoms with Crippen molar-refractivity contribution in [3.05, 3.63) is 52.6 Å². The average molecular weight is 364 g/mol. The maximum absolute atomic E-state index is 12.3. The Balaban J connectivity index is 2.20. The summed E-state index contributed by atoms with van der Waals surface area (Å²) in [4.78, 5) is 26.1. The number of Topliss-reactive ketones (excluding diaryl/α,β-unsaturated/α-hetero) is 1. The molecule has 2 aromatic rings. The van der Waals surface area contributed by atoms with Crippen LogP contribution in [0.2, 0.25) is 0 Å². The molecule has 2 rings (SSSR count). The fraction of sp³-hybridized carbons (Fsp3) is 0.250. The Kier molecular flexibility index (Phi) is 5.00. The van der Waals surface area contributed by atoms with Crippen molar-refractivity contribution in [2.75, 3.05) is 0 Å². The van der Waals surface area contributed by atoms with E-state index in [-0.39, 0.29) is 23.5 Å². The Hall–Kier alpha value is -1.70. The van der Waals surface area contributed by atoms with Gasteiger partial charge < -0.3 is 0 Å². The third-order valence-electron chi connectivity index (χ3n) is 2.91. The van der Waals surface area contributed by atoms with Crippen molar-refractivity contribution < 1.29 is 9.72 Å². The molecule has 116 valence electrons. The molecule has 1 aromatic heterocycles. The summed E-state index contributed by atoms with van der Waals surface area (Å²) in [6.45, 7) is 0. The predicted octanol–water partition coefficient (Wildman–Crippen LogP) is 3.37. The number of rotatable bonds is 5. The molecule has 0 amide bonds. The zero-order valence-corrected chi connectivity index (χ0v) is 13.2. The van der Waals surface area contributed by atoms with Crippen molar-refractivity contribution >= 4 is 46.3 Å². The summed E-state index contributed by atoms with van der Waals surface area (Å²) in [6.07, 6.45) is 2.47. The van der Waals surface area contributed by atoms with Gasteiger partial charge in [-0.1, -0.05) is 34.8 Å². The Labute approximate surface area is 139 Å². The van der Waals surface area contributed by atoms with Gasteiger partial charge in [-0.25, -0.2) is 9.67 Å². The number of halogens is 3. The summed E-state index contributed by atoms with van der Waals surface area (Å²) in [5, 5.41) is 14.5. The minimum atomic E-state index is -1.76. The smallest absolute Gasteiger partial charge is 0.269 e. The maximum Gasteiger partial charge on any atom is 0.269 e. The second-order valence-electron chi connectivity index (χ2n) is 4.36. The van der Waals surface area contributed by atoms with Crippen LogP contribution in [0.4, 0.5) is 5.69 Å². The minimum absolute atomic E-state index is 0.106. The molecule has 0 unspecified atom stereocenters. The zero-order chi connectivity index (χ0) is 16.3. The number of hydrogen-bond donors (Lipinski definition) is 0. The van der Waals surface area contributed by atoms with Crippen molar-refractivity contribution in [1.82, 2.24) is 14.8 Å². The molecule has 0 spiro atoms. The van der Waals surface area contributed by atoms with Crippen LogP contribution >= 0.6 is 34.8 Å². The van der Waals surface area contributed by atoms with E-state index in [2.05, 4.69) is 10.1 Å². The first-order valence-electron chi connectivity index (χ1n) is 5.97. The van der Waals surface area contributed by atoms with E-state index >= 15 is 0 Å². The summed E-state index contributed by atoms with van der Waals surface area (Å²) in [6, 6.07) is 4.36.